The Labute approximate surface area is 145 Å². The lowest BCUT2D eigenvalue weighted by Gasteiger charge is -2.20. The predicted octanol–water partition coefficient (Wildman–Crippen LogP) is 4.55. The molecule has 0 saturated carbocycles. The third-order valence-electron chi connectivity index (χ3n) is 4.71. The molecule has 5 nitrogen and oxygen atoms in total. The van der Waals surface area contributed by atoms with Crippen molar-refractivity contribution < 1.29 is 9.21 Å². The summed E-state index contributed by atoms with van der Waals surface area (Å²) in [7, 11) is 0. The average Bonchev–Trinajstić information content (AvgIpc) is 3.30. The van der Waals surface area contributed by atoms with Gasteiger partial charge in [-0.3, -0.25) is 4.79 Å². The van der Waals surface area contributed by atoms with Gasteiger partial charge in [-0.15, -0.1) is 0 Å². The standard InChI is InChI=1S/C20H19N3O2/c1-2-15(24)10-13-5-3-6-14(9-13)19-18-16(17-7-4-8-25-17)11-21-20(18)23-12-22-19/h2,4,7-9,11-13H,1,3,5-6,10H2,(H,21,22,23). The molecule has 0 saturated heterocycles. The Balaban J connectivity index is 1.79. The third kappa shape index (κ3) is 2.93. The molecule has 3 heterocycles. The Morgan fingerprint density at radius 2 is 2.36 bits per heavy atom. The van der Waals surface area contributed by atoms with Crippen LogP contribution in [0.5, 0.6) is 0 Å². The SMILES string of the molecule is C=CC(=O)CC1C=C(c2ncnc3[nH]cc(-c4ccco4)c23)CCC1. The van der Waals surface area contributed by atoms with E-state index in [9.17, 15) is 4.79 Å². The molecule has 25 heavy (non-hydrogen) atoms. The number of H-pyrrole nitrogens is 1. The van der Waals surface area contributed by atoms with Crippen LogP contribution < -0.4 is 0 Å². The van der Waals surface area contributed by atoms with Crippen molar-refractivity contribution in [2.24, 2.45) is 5.92 Å². The number of ketones is 1. The molecule has 126 valence electrons. The molecule has 0 spiro atoms. The number of hydrogen-bond acceptors (Lipinski definition) is 4. The van der Waals surface area contributed by atoms with Crippen LogP contribution in [-0.2, 0) is 4.79 Å². The molecule has 0 radical (unpaired) electrons. The number of hydrogen-bond donors (Lipinski definition) is 1. The smallest absolute Gasteiger partial charge is 0.155 e. The van der Waals surface area contributed by atoms with Gasteiger partial charge in [0.25, 0.3) is 0 Å². The van der Waals surface area contributed by atoms with Crippen molar-refractivity contribution in [1.82, 2.24) is 15.0 Å². The highest BCUT2D eigenvalue weighted by Crippen LogP contribution is 2.37. The quantitative estimate of drug-likeness (QED) is 0.695. The molecule has 1 N–H and O–H groups in total. The van der Waals surface area contributed by atoms with E-state index in [2.05, 4.69) is 27.6 Å². The summed E-state index contributed by atoms with van der Waals surface area (Å²) < 4.78 is 5.57. The summed E-state index contributed by atoms with van der Waals surface area (Å²) in [6, 6.07) is 3.80. The van der Waals surface area contributed by atoms with Crippen molar-refractivity contribution in [3.05, 3.63) is 55.3 Å². The molecule has 1 atom stereocenters. The van der Waals surface area contributed by atoms with E-state index in [-0.39, 0.29) is 11.7 Å². The number of aromatic amines is 1. The van der Waals surface area contributed by atoms with Gasteiger partial charge in [0.15, 0.2) is 5.78 Å². The van der Waals surface area contributed by atoms with E-state index in [1.807, 2.05) is 18.3 Å². The number of carbonyl (C=O) groups excluding carboxylic acids is 1. The van der Waals surface area contributed by atoms with Crippen LogP contribution in [0.3, 0.4) is 0 Å². The lowest BCUT2D eigenvalue weighted by atomic mass is 9.85. The topological polar surface area (TPSA) is 71.8 Å². The van der Waals surface area contributed by atoms with Crippen molar-refractivity contribution in [2.45, 2.75) is 25.7 Å². The first-order valence-corrected chi connectivity index (χ1v) is 8.48. The first-order valence-electron chi connectivity index (χ1n) is 8.48. The Hall–Kier alpha value is -2.95. The summed E-state index contributed by atoms with van der Waals surface area (Å²) in [6.45, 7) is 3.57. The highest BCUT2D eigenvalue weighted by molar-refractivity contribution is 5.99. The maximum Gasteiger partial charge on any atom is 0.155 e. The molecule has 0 bridgehead atoms. The molecule has 3 aromatic rings. The van der Waals surface area contributed by atoms with E-state index in [1.54, 1.807) is 12.6 Å². The number of furan rings is 1. The normalized spacial score (nSPS) is 17.4. The largest absolute Gasteiger partial charge is 0.464 e. The number of rotatable bonds is 5. The van der Waals surface area contributed by atoms with Gasteiger partial charge in [0.05, 0.1) is 17.3 Å². The maximum absolute atomic E-state index is 11.7. The molecule has 3 aromatic heterocycles. The number of allylic oxidation sites excluding steroid dienone is 3. The van der Waals surface area contributed by atoms with Gasteiger partial charge in [-0.05, 0) is 49.0 Å². The van der Waals surface area contributed by atoms with E-state index in [4.69, 9.17) is 4.42 Å². The maximum atomic E-state index is 11.7. The highest BCUT2D eigenvalue weighted by Gasteiger charge is 2.21. The van der Waals surface area contributed by atoms with Crippen LogP contribution >= 0.6 is 0 Å². The van der Waals surface area contributed by atoms with Gasteiger partial charge in [0.1, 0.15) is 17.7 Å². The van der Waals surface area contributed by atoms with Crippen molar-refractivity contribution >= 4 is 22.4 Å². The average molecular weight is 333 g/mol. The summed E-state index contributed by atoms with van der Waals surface area (Å²) in [4.78, 5) is 23.8. The second-order valence-electron chi connectivity index (χ2n) is 6.34. The second kappa shape index (κ2) is 6.51. The zero-order chi connectivity index (χ0) is 17.2. The Kier molecular flexibility index (Phi) is 4.06. The Morgan fingerprint density at radius 3 is 3.16 bits per heavy atom. The summed E-state index contributed by atoms with van der Waals surface area (Å²) in [5.74, 6) is 1.12. The number of fused-ring (bicyclic) bond motifs is 1. The van der Waals surface area contributed by atoms with Gasteiger partial charge in [-0.1, -0.05) is 12.7 Å². The van der Waals surface area contributed by atoms with Gasteiger partial charge in [-0.25, -0.2) is 9.97 Å². The monoisotopic (exact) mass is 333 g/mol. The zero-order valence-corrected chi connectivity index (χ0v) is 13.9. The molecule has 0 aliphatic heterocycles. The molecular formula is C20H19N3O2. The van der Waals surface area contributed by atoms with Crippen LogP contribution in [-0.4, -0.2) is 20.7 Å². The summed E-state index contributed by atoms with van der Waals surface area (Å²) in [5, 5.41) is 0.972. The lowest BCUT2D eigenvalue weighted by Crippen LogP contribution is -2.09. The molecule has 1 aliphatic rings. The van der Waals surface area contributed by atoms with Crippen LogP contribution in [0.25, 0.3) is 27.9 Å². The molecule has 4 rings (SSSR count). The van der Waals surface area contributed by atoms with Crippen LogP contribution in [0, 0.1) is 5.92 Å². The molecule has 1 aliphatic carbocycles. The fraction of sp³-hybridized carbons (Fsp3) is 0.250. The number of carbonyl (C=O) groups is 1. The van der Waals surface area contributed by atoms with Crippen molar-refractivity contribution in [2.75, 3.05) is 0 Å². The second-order valence-corrected chi connectivity index (χ2v) is 6.34. The van der Waals surface area contributed by atoms with Gasteiger partial charge in [0, 0.05) is 18.2 Å². The minimum absolute atomic E-state index is 0.0910. The van der Waals surface area contributed by atoms with E-state index < -0.39 is 0 Å². The van der Waals surface area contributed by atoms with Gasteiger partial charge < -0.3 is 9.40 Å². The first-order chi connectivity index (χ1) is 12.3. The van der Waals surface area contributed by atoms with E-state index in [0.717, 1.165) is 47.3 Å². The number of nitrogens with one attached hydrogen (secondary N) is 1. The summed E-state index contributed by atoms with van der Waals surface area (Å²) in [6.07, 6.45) is 12.3. The fourth-order valence-electron chi connectivity index (χ4n) is 3.54. The van der Waals surface area contributed by atoms with Crippen molar-refractivity contribution in [1.29, 1.82) is 0 Å². The summed E-state index contributed by atoms with van der Waals surface area (Å²) >= 11 is 0. The molecule has 0 amide bonds. The number of nitrogens with zero attached hydrogens (tertiary/aromatic N) is 2. The molecule has 1 unspecified atom stereocenters. The number of aromatic nitrogens is 3. The lowest BCUT2D eigenvalue weighted by molar-refractivity contribution is -0.115. The Morgan fingerprint density at radius 1 is 1.44 bits per heavy atom. The predicted molar refractivity (Wildman–Crippen MR) is 96.7 cm³/mol. The first kappa shape index (κ1) is 15.6. The zero-order valence-electron chi connectivity index (χ0n) is 13.9. The highest BCUT2D eigenvalue weighted by atomic mass is 16.3. The molecule has 0 fully saturated rings. The molecular weight excluding hydrogens is 314 g/mol. The van der Waals surface area contributed by atoms with E-state index in [1.165, 1.54) is 11.6 Å². The van der Waals surface area contributed by atoms with E-state index in [0.29, 0.717) is 6.42 Å². The molecule has 0 aromatic carbocycles. The molecule has 5 heteroatoms. The van der Waals surface area contributed by atoms with Crippen LogP contribution in [0.4, 0.5) is 0 Å². The van der Waals surface area contributed by atoms with Gasteiger partial charge in [0.2, 0.25) is 0 Å². The fourth-order valence-corrected chi connectivity index (χ4v) is 3.54. The van der Waals surface area contributed by atoms with Crippen molar-refractivity contribution in [3.8, 4) is 11.3 Å². The van der Waals surface area contributed by atoms with Gasteiger partial charge >= 0.3 is 0 Å². The third-order valence-corrected chi connectivity index (χ3v) is 4.71. The van der Waals surface area contributed by atoms with Crippen LogP contribution in [0.15, 0.2) is 54.1 Å². The minimum atomic E-state index is 0.0910. The van der Waals surface area contributed by atoms with Crippen molar-refractivity contribution in [3.63, 3.8) is 0 Å². The summed E-state index contributed by atoms with van der Waals surface area (Å²) in [5.41, 5.74) is 3.85. The van der Waals surface area contributed by atoms with Gasteiger partial charge in [-0.2, -0.15) is 0 Å². The Bertz CT molecular complexity index is 951. The van der Waals surface area contributed by atoms with E-state index >= 15 is 0 Å². The van der Waals surface area contributed by atoms with Crippen LogP contribution in [0.2, 0.25) is 0 Å². The minimum Gasteiger partial charge on any atom is -0.464 e. The van der Waals surface area contributed by atoms with Crippen LogP contribution in [0.1, 0.15) is 31.4 Å².